The summed E-state index contributed by atoms with van der Waals surface area (Å²) >= 11 is 0. The van der Waals surface area contributed by atoms with E-state index in [1.54, 1.807) is 7.11 Å². The average molecular weight is 260 g/mol. The third kappa shape index (κ3) is 2.30. The molecule has 2 rings (SSSR count). The van der Waals surface area contributed by atoms with Crippen LogP contribution in [-0.4, -0.2) is 23.6 Å². The van der Waals surface area contributed by atoms with Crippen molar-refractivity contribution in [3.8, 4) is 5.75 Å². The Morgan fingerprint density at radius 1 is 1.37 bits per heavy atom. The molecule has 2 aromatic rings. The molecule has 0 radical (unpaired) electrons. The fourth-order valence-electron chi connectivity index (χ4n) is 2.29. The minimum atomic E-state index is -0.0248. The van der Waals surface area contributed by atoms with Gasteiger partial charge in [-0.2, -0.15) is 0 Å². The second kappa shape index (κ2) is 4.96. The van der Waals surface area contributed by atoms with Crippen LogP contribution >= 0.6 is 0 Å². The van der Waals surface area contributed by atoms with Gasteiger partial charge in [-0.3, -0.25) is 4.79 Å². The van der Waals surface area contributed by atoms with E-state index in [2.05, 4.69) is 5.32 Å². The number of fused-ring (bicyclic) bond motifs is 1. The number of nitrogens with one attached hydrogen (secondary N) is 1. The average Bonchev–Trinajstić information content (AvgIpc) is 2.61. The molecule has 0 bridgehead atoms. The van der Waals surface area contributed by atoms with E-state index in [1.165, 1.54) is 0 Å². The maximum Gasteiger partial charge on any atom is 0.253 e. The summed E-state index contributed by atoms with van der Waals surface area (Å²) in [6.45, 7) is 5.88. The summed E-state index contributed by atoms with van der Waals surface area (Å²) in [5.41, 5.74) is 2.71. The topological polar surface area (TPSA) is 43.3 Å². The molecule has 0 saturated carbocycles. The summed E-state index contributed by atoms with van der Waals surface area (Å²) in [5.74, 6) is 0.771. The van der Waals surface area contributed by atoms with Crippen LogP contribution in [0.1, 0.15) is 29.9 Å². The van der Waals surface area contributed by atoms with E-state index in [-0.39, 0.29) is 11.9 Å². The van der Waals surface area contributed by atoms with Gasteiger partial charge in [0.15, 0.2) is 0 Å². The van der Waals surface area contributed by atoms with Crippen LogP contribution < -0.4 is 10.1 Å². The molecule has 0 unspecified atom stereocenters. The minimum absolute atomic E-state index is 0.0248. The van der Waals surface area contributed by atoms with E-state index in [1.807, 2.05) is 50.6 Å². The van der Waals surface area contributed by atoms with E-state index in [0.717, 1.165) is 27.9 Å². The zero-order valence-corrected chi connectivity index (χ0v) is 12.1. The molecule has 1 heterocycles. The molecule has 0 aliphatic heterocycles. The Hall–Kier alpha value is -1.97. The number of aryl methyl sites for hydroxylation is 1. The molecule has 1 N–H and O–H groups in total. The molecule has 0 aliphatic rings. The van der Waals surface area contributed by atoms with Gasteiger partial charge in [0.05, 0.1) is 18.2 Å². The second-order valence-corrected chi connectivity index (χ2v) is 5.03. The highest BCUT2D eigenvalue weighted by molar-refractivity contribution is 6.08. The summed E-state index contributed by atoms with van der Waals surface area (Å²) in [6, 6.07) is 5.90. The number of carbonyl (C=O) groups excluding carboxylic acids is 1. The lowest BCUT2D eigenvalue weighted by atomic mass is 10.1. The van der Waals surface area contributed by atoms with Gasteiger partial charge in [0.25, 0.3) is 5.91 Å². The van der Waals surface area contributed by atoms with E-state index < -0.39 is 0 Å². The molecular weight excluding hydrogens is 240 g/mol. The van der Waals surface area contributed by atoms with Crippen LogP contribution in [0.5, 0.6) is 5.75 Å². The number of ether oxygens (including phenoxy) is 1. The van der Waals surface area contributed by atoms with Crippen molar-refractivity contribution in [1.82, 2.24) is 9.88 Å². The monoisotopic (exact) mass is 260 g/mol. The van der Waals surface area contributed by atoms with E-state index in [9.17, 15) is 4.79 Å². The molecule has 1 aromatic heterocycles. The lowest BCUT2D eigenvalue weighted by molar-refractivity contribution is 0.0944. The molecule has 0 saturated heterocycles. The number of rotatable bonds is 3. The van der Waals surface area contributed by atoms with E-state index >= 15 is 0 Å². The number of methoxy groups -OCH3 is 1. The first kappa shape index (κ1) is 13.5. The van der Waals surface area contributed by atoms with E-state index in [4.69, 9.17) is 4.74 Å². The van der Waals surface area contributed by atoms with Crippen molar-refractivity contribution in [2.45, 2.75) is 26.8 Å². The highest BCUT2D eigenvalue weighted by atomic mass is 16.5. The number of carbonyl (C=O) groups is 1. The van der Waals surface area contributed by atoms with Gasteiger partial charge in [0.2, 0.25) is 0 Å². The summed E-state index contributed by atoms with van der Waals surface area (Å²) in [7, 11) is 3.60. The first-order valence-corrected chi connectivity index (χ1v) is 6.39. The maximum absolute atomic E-state index is 12.3. The van der Waals surface area contributed by atoms with Crippen LogP contribution in [0.2, 0.25) is 0 Å². The molecule has 102 valence electrons. The van der Waals surface area contributed by atoms with Gasteiger partial charge >= 0.3 is 0 Å². The maximum atomic E-state index is 12.3. The van der Waals surface area contributed by atoms with Gasteiger partial charge in [-0.25, -0.2) is 0 Å². The van der Waals surface area contributed by atoms with Gasteiger partial charge in [-0.1, -0.05) is 0 Å². The van der Waals surface area contributed by atoms with Crippen LogP contribution in [0.4, 0.5) is 0 Å². The fraction of sp³-hybridized carbons (Fsp3) is 0.400. The van der Waals surface area contributed by atoms with Gasteiger partial charge in [0.1, 0.15) is 5.75 Å². The lowest BCUT2D eigenvalue weighted by Crippen LogP contribution is -2.30. The Bertz CT molecular complexity index is 627. The fourth-order valence-corrected chi connectivity index (χ4v) is 2.29. The van der Waals surface area contributed by atoms with Crippen molar-refractivity contribution in [1.29, 1.82) is 0 Å². The number of hydrogen-bond donors (Lipinski definition) is 1. The Labute approximate surface area is 113 Å². The number of benzene rings is 1. The van der Waals surface area contributed by atoms with Crippen molar-refractivity contribution in [2.24, 2.45) is 7.05 Å². The third-order valence-corrected chi connectivity index (χ3v) is 3.35. The Morgan fingerprint density at radius 3 is 2.63 bits per heavy atom. The smallest absolute Gasteiger partial charge is 0.253 e. The molecule has 19 heavy (non-hydrogen) atoms. The molecule has 1 aromatic carbocycles. The Morgan fingerprint density at radius 2 is 2.05 bits per heavy atom. The predicted octanol–water partition coefficient (Wildman–Crippen LogP) is 2.63. The highest BCUT2D eigenvalue weighted by Crippen LogP contribution is 2.28. The molecule has 0 spiro atoms. The van der Waals surface area contributed by atoms with Crippen LogP contribution in [0.3, 0.4) is 0 Å². The number of hydrogen-bond acceptors (Lipinski definition) is 2. The minimum Gasteiger partial charge on any atom is -0.497 e. The molecule has 4 nitrogen and oxygen atoms in total. The SMILES string of the molecule is COc1ccc2c(C(=O)NC(C)C)c(C)n(C)c2c1. The summed E-state index contributed by atoms with van der Waals surface area (Å²) in [5, 5.41) is 3.91. The van der Waals surface area contributed by atoms with Gasteiger partial charge in [0, 0.05) is 30.2 Å². The standard InChI is InChI=1S/C15H20N2O2/c1-9(2)16-15(18)14-10(3)17(4)13-8-11(19-5)6-7-12(13)14/h6-9H,1-5H3,(H,16,18). The summed E-state index contributed by atoms with van der Waals surface area (Å²) in [6.07, 6.45) is 0. The molecule has 0 atom stereocenters. The van der Waals surface area contributed by atoms with Crippen molar-refractivity contribution in [2.75, 3.05) is 7.11 Å². The Kier molecular flexibility index (Phi) is 3.51. The van der Waals surface area contributed by atoms with Crippen LogP contribution in [0, 0.1) is 6.92 Å². The highest BCUT2D eigenvalue weighted by Gasteiger charge is 2.19. The Balaban J connectivity index is 2.61. The van der Waals surface area contributed by atoms with Crippen molar-refractivity contribution >= 4 is 16.8 Å². The van der Waals surface area contributed by atoms with Gasteiger partial charge < -0.3 is 14.6 Å². The summed E-state index contributed by atoms with van der Waals surface area (Å²) < 4.78 is 7.26. The van der Waals surface area contributed by atoms with Crippen molar-refractivity contribution < 1.29 is 9.53 Å². The number of aromatic nitrogens is 1. The third-order valence-electron chi connectivity index (χ3n) is 3.35. The van der Waals surface area contributed by atoms with Crippen LogP contribution in [0.25, 0.3) is 10.9 Å². The van der Waals surface area contributed by atoms with Gasteiger partial charge in [-0.05, 0) is 32.9 Å². The molecule has 1 amide bonds. The molecule has 0 fully saturated rings. The zero-order chi connectivity index (χ0) is 14.2. The zero-order valence-electron chi connectivity index (χ0n) is 12.1. The molecule has 0 aliphatic carbocycles. The quantitative estimate of drug-likeness (QED) is 0.922. The molecular formula is C15H20N2O2. The first-order valence-electron chi connectivity index (χ1n) is 6.39. The predicted molar refractivity (Wildman–Crippen MR) is 76.8 cm³/mol. The number of amides is 1. The first-order chi connectivity index (χ1) is 8.95. The normalized spacial score (nSPS) is 11.1. The lowest BCUT2D eigenvalue weighted by Gasteiger charge is -2.08. The number of nitrogens with zero attached hydrogens (tertiary/aromatic N) is 1. The molecule has 4 heteroatoms. The van der Waals surface area contributed by atoms with Crippen LogP contribution in [-0.2, 0) is 7.05 Å². The van der Waals surface area contributed by atoms with Crippen LogP contribution in [0.15, 0.2) is 18.2 Å². The van der Waals surface area contributed by atoms with Crippen molar-refractivity contribution in [3.63, 3.8) is 0 Å². The van der Waals surface area contributed by atoms with Gasteiger partial charge in [-0.15, -0.1) is 0 Å². The van der Waals surface area contributed by atoms with E-state index in [0.29, 0.717) is 0 Å². The second-order valence-electron chi connectivity index (χ2n) is 5.03. The van der Waals surface area contributed by atoms with Crippen molar-refractivity contribution in [3.05, 3.63) is 29.5 Å². The largest absolute Gasteiger partial charge is 0.497 e. The summed E-state index contributed by atoms with van der Waals surface area (Å²) in [4.78, 5) is 12.3.